The average molecular weight is 305 g/mol. The number of nitro benzene ring substituents is 1. The van der Waals surface area contributed by atoms with Crippen molar-refractivity contribution in [3.05, 3.63) is 56.5 Å². The highest BCUT2D eigenvalue weighted by Crippen LogP contribution is 2.24. The maximum Gasteiger partial charge on any atom is 0.381 e. The molecule has 0 aliphatic rings. The number of hydrogen-bond acceptors (Lipinski definition) is 6. The summed E-state index contributed by atoms with van der Waals surface area (Å²) in [5.41, 5.74) is 0.544. The van der Waals surface area contributed by atoms with E-state index in [9.17, 15) is 25.0 Å². The van der Waals surface area contributed by atoms with Crippen LogP contribution < -0.4 is 5.32 Å². The molecule has 0 saturated carbocycles. The quantitative estimate of drug-likeness (QED) is 0.659. The predicted octanol–water partition coefficient (Wildman–Crippen LogP) is 1.65. The molecule has 0 bridgehead atoms. The van der Waals surface area contributed by atoms with Crippen LogP contribution >= 0.6 is 0 Å². The van der Waals surface area contributed by atoms with Gasteiger partial charge in [-0.25, -0.2) is 0 Å². The topological polar surface area (TPSA) is 133 Å². The lowest BCUT2D eigenvalue weighted by molar-refractivity contribution is -0.389. The van der Waals surface area contributed by atoms with Crippen molar-refractivity contribution in [1.82, 2.24) is 9.55 Å². The maximum atomic E-state index is 11.9. The third-order valence-electron chi connectivity index (χ3n) is 2.91. The molecule has 22 heavy (non-hydrogen) atoms. The molecule has 1 heterocycles. The molecule has 10 heteroatoms. The number of anilines is 1. The number of nitro groups is 2. The number of nitrogens with one attached hydrogen (secondary N) is 1. The molecule has 2 rings (SSSR count). The average Bonchev–Trinajstić information content (AvgIpc) is 2.89. The molecular weight excluding hydrogens is 294 g/mol. The Labute approximate surface area is 123 Å². The van der Waals surface area contributed by atoms with E-state index in [0.717, 1.165) is 12.5 Å². The van der Waals surface area contributed by atoms with Gasteiger partial charge in [-0.15, -0.1) is 0 Å². The molecule has 1 aromatic carbocycles. The van der Waals surface area contributed by atoms with E-state index in [2.05, 4.69) is 10.3 Å². The highest BCUT2D eigenvalue weighted by Gasteiger charge is 2.16. The Morgan fingerprint density at radius 3 is 2.64 bits per heavy atom. The van der Waals surface area contributed by atoms with E-state index in [0.29, 0.717) is 11.3 Å². The molecule has 0 unspecified atom stereocenters. The van der Waals surface area contributed by atoms with Gasteiger partial charge in [-0.05, 0) is 22.9 Å². The highest BCUT2D eigenvalue weighted by molar-refractivity contribution is 5.91. The highest BCUT2D eigenvalue weighted by atomic mass is 16.6. The Morgan fingerprint density at radius 2 is 2.05 bits per heavy atom. The first-order valence-electron chi connectivity index (χ1n) is 6.08. The van der Waals surface area contributed by atoms with E-state index < -0.39 is 15.8 Å². The number of imidazole rings is 1. The van der Waals surface area contributed by atoms with Crippen molar-refractivity contribution in [3.63, 3.8) is 0 Å². The van der Waals surface area contributed by atoms with Crippen LogP contribution in [-0.2, 0) is 11.3 Å². The predicted molar refractivity (Wildman–Crippen MR) is 75.3 cm³/mol. The Hall–Kier alpha value is -3.30. The number of aromatic nitrogens is 2. The normalized spacial score (nSPS) is 10.2. The van der Waals surface area contributed by atoms with Gasteiger partial charge >= 0.3 is 5.82 Å². The molecule has 0 fully saturated rings. The summed E-state index contributed by atoms with van der Waals surface area (Å²) in [6.45, 7) is 1.33. The largest absolute Gasteiger partial charge is 0.381 e. The van der Waals surface area contributed by atoms with Crippen molar-refractivity contribution in [2.75, 3.05) is 5.32 Å². The van der Waals surface area contributed by atoms with Crippen LogP contribution in [0.15, 0.2) is 30.7 Å². The van der Waals surface area contributed by atoms with E-state index >= 15 is 0 Å². The lowest BCUT2D eigenvalue weighted by Crippen LogP contribution is -2.18. The number of amides is 1. The summed E-state index contributed by atoms with van der Waals surface area (Å²) in [5.74, 6) is -0.838. The number of benzene rings is 1. The summed E-state index contributed by atoms with van der Waals surface area (Å²) in [6, 6.07) is 4.34. The molecule has 10 nitrogen and oxygen atoms in total. The summed E-state index contributed by atoms with van der Waals surface area (Å²) >= 11 is 0. The summed E-state index contributed by atoms with van der Waals surface area (Å²) in [4.78, 5) is 35.6. The van der Waals surface area contributed by atoms with Crippen LogP contribution in [0.3, 0.4) is 0 Å². The smallest absolute Gasteiger partial charge is 0.358 e. The SMILES string of the molecule is Cc1c(NC(=O)Cn2cnc([N+](=O)[O-])c2)cccc1[N+](=O)[O-]. The lowest BCUT2D eigenvalue weighted by Gasteiger charge is -2.08. The summed E-state index contributed by atoms with van der Waals surface area (Å²) in [5, 5.41) is 23.9. The van der Waals surface area contributed by atoms with Crippen molar-refractivity contribution in [3.8, 4) is 0 Å². The molecule has 0 aliphatic heterocycles. The van der Waals surface area contributed by atoms with E-state index in [1.165, 1.54) is 29.7 Å². The third-order valence-corrected chi connectivity index (χ3v) is 2.91. The number of carbonyl (C=O) groups excluding carboxylic acids is 1. The second-order valence-electron chi connectivity index (χ2n) is 4.42. The van der Waals surface area contributed by atoms with Crippen molar-refractivity contribution >= 4 is 23.1 Å². The third kappa shape index (κ3) is 3.23. The van der Waals surface area contributed by atoms with E-state index in [4.69, 9.17) is 0 Å². The van der Waals surface area contributed by atoms with E-state index in [-0.39, 0.29) is 18.1 Å². The van der Waals surface area contributed by atoms with Gasteiger partial charge in [-0.1, -0.05) is 6.07 Å². The monoisotopic (exact) mass is 305 g/mol. The van der Waals surface area contributed by atoms with Crippen LogP contribution in [0.5, 0.6) is 0 Å². The summed E-state index contributed by atoms with van der Waals surface area (Å²) < 4.78 is 1.25. The Morgan fingerprint density at radius 1 is 1.32 bits per heavy atom. The van der Waals surface area contributed by atoms with E-state index in [1.807, 2.05) is 0 Å². The van der Waals surface area contributed by atoms with Crippen molar-refractivity contribution in [2.24, 2.45) is 0 Å². The first-order chi connectivity index (χ1) is 10.4. The van der Waals surface area contributed by atoms with Crippen molar-refractivity contribution < 1.29 is 14.6 Å². The van der Waals surface area contributed by atoms with Gasteiger partial charge in [-0.2, -0.15) is 0 Å². The van der Waals surface area contributed by atoms with Crippen LogP contribution in [0.2, 0.25) is 0 Å². The first kappa shape index (κ1) is 15.1. The second-order valence-corrected chi connectivity index (χ2v) is 4.42. The number of carbonyl (C=O) groups is 1. The Balaban J connectivity index is 2.10. The molecular formula is C12H11N5O5. The lowest BCUT2D eigenvalue weighted by atomic mass is 10.1. The standard InChI is InChI=1S/C12H11N5O5/c1-8-9(3-2-4-10(8)16(19)20)14-12(18)6-15-5-11(13-7-15)17(21)22/h2-5,7H,6H2,1H3,(H,14,18). The zero-order valence-corrected chi connectivity index (χ0v) is 11.4. The minimum atomic E-state index is -0.668. The van der Waals surface area contributed by atoms with Crippen LogP contribution in [0.1, 0.15) is 5.56 Å². The van der Waals surface area contributed by atoms with Gasteiger partial charge in [0.1, 0.15) is 12.7 Å². The van der Waals surface area contributed by atoms with Gasteiger partial charge in [0, 0.05) is 6.07 Å². The molecule has 1 N–H and O–H groups in total. The van der Waals surface area contributed by atoms with Crippen LogP contribution in [0.4, 0.5) is 17.2 Å². The van der Waals surface area contributed by atoms with Gasteiger partial charge in [0.05, 0.1) is 16.2 Å². The summed E-state index contributed by atoms with van der Waals surface area (Å²) in [7, 11) is 0. The fraction of sp³-hybridized carbons (Fsp3) is 0.167. The summed E-state index contributed by atoms with van der Waals surface area (Å²) in [6.07, 6.45) is 2.29. The molecule has 0 aliphatic carbocycles. The van der Waals surface area contributed by atoms with Crippen molar-refractivity contribution in [2.45, 2.75) is 13.5 Å². The molecule has 114 valence electrons. The molecule has 0 spiro atoms. The molecule has 1 amide bonds. The van der Waals surface area contributed by atoms with Gasteiger partial charge in [0.25, 0.3) is 5.69 Å². The van der Waals surface area contributed by atoms with Gasteiger partial charge < -0.3 is 20.0 Å². The zero-order valence-electron chi connectivity index (χ0n) is 11.4. The van der Waals surface area contributed by atoms with Crippen molar-refractivity contribution in [1.29, 1.82) is 0 Å². The van der Waals surface area contributed by atoms with Gasteiger partial charge in [0.15, 0.2) is 0 Å². The minimum Gasteiger partial charge on any atom is -0.358 e. The fourth-order valence-electron chi connectivity index (χ4n) is 1.84. The van der Waals surface area contributed by atoms with Crippen LogP contribution in [0.25, 0.3) is 0 Å². The van der Waals surface area contributed by atoms with Gasteiger partial charge in [0.2, 0.25) is 12.2 Å². The number of rotatable bonds is 5. The Kier molecular flexibility index (Phi) is 4.11. The molecule has 0 atom stereocenters. The fourth-order valence-corrected chi connectivity index (χ4v) is 1.84. The minimum absolute atomic E-state index is 0.101. The zero-order chi connectivity index (χ0) is 16.3. The molecule has 1 aromatic heterocycles. The Bertz CT molecular complexity index is 754. The maximum absolute atomic E-state index is 11.9. The number of nitrogens with zero attached hydrogens (tertiary/aromatic N) is 4. The second kappa shape index (κ2) is 5.99. The molecule has 0 saturated heterocycles. The molecule has 0 radical (unpaired) electrons. The van der Waals surface area contributed by atoms with Crippen LogP contribution in [-0.4, -0.2) is 25.3 Å². The first-order valence-corrected chi connectivity index (χ1v) is 6.08. The van der Waals surface area contributed by atoms with Gasteiger partial charge in [-0.3, -0.25) is 14.9 Å². The van der Waals surface area contributed by atoms with E-state index in [1.54, 1.807) is 0 Å². The van der Waals surface area contributed by atoms with Crippen LogP contribution in [0, 0.1) is 27.2 Å². The molecule has 2 aromatic rings. The number of hydrogen-bond donors (Lipinski definition) is 1.